The lowest BCUT2D eigenvalue weighted by atomic mass is 10.1. The molecule has 0 aliphatic carbocycles. The van der Waals surface area contributed by atoms with Crippen molar-refractivity contribution in [1.82, 2.24) is 9.97 Å². The second-order valence-corrected chi connectivity index (χ2v) is 5.38. The molecule has 0 spiro atoms. The molecule has 19 heavy (non-hydrogen) atoms. The number of hydrogen-bond acceptors (Lipinski definition) is 3. The van der Waals surface area contributed by atoms with Gasteiger partial charge in [0.25, 0.3) is 0 Å². The zero-order valence-electron chi connectivity index (χ0n) is 10.9. The molecule has 0 saturated carbocycles. The van der Waals surface area contributed by atoms with Gasteiger partial charge in [0.2, 0.25) is 0 Å². The summed E-state index contributed by atoms with van der Waals surface area (Å²) in [6.07, 6.45) is 6.78. The number of hydrogen-bond donors (Lipinski definition) is 0. The van der Waals surface area contributed by atoms with E-state index in [4.69, 9.17) is 16.6 Å². The molecule has 0 amide bonds. The molecular weight excluding hydrogens is 258 g/mol. The third-order valence-electron chi connectivity index (χ3n) is 3.79. The summed E-state index contributed by atoms with van der Waals surface area (Å²) in [5.74, 6) is 1.63. The molecule has 2 heterocycles. The first-order valence-corrected chi connectivity index (χ1v) is 7.46. The minimum atomic E-state index is 0.389. The Morgan fingerprint density at radius 2 is 2.00 bits per heavy atom. The van der Waals surface area contributed by atoms with Crippen molar-refractivity contribution in [2.45, 2.75) is 31.7 Å². The van der Waals surface area contributed by atoms with E-state index in [2.05, 4.69) is 9.88 Å². The van der Waals surface area contributed by atoms with E-state index in [9.17, 15) is 0 Å². The summed E-state index contributed by atoms with van der Waals surface area (Å²) in [5.41, 5.74) is 1.90. The van der Waals surface area contributed by atoms with E-state index in [1.54, 1.807) is 0 Å². The zero-order chi connectivity index (χ0) is 13.1. The minimum absolute atomic E-state index is 0.389. The van der Waals surface area contributed by atoms with Gasteiger partial charge in [-0.1, -0.05) is 25.0 Å². The maximum Gasteiger partial charge on any atom is 0.148 e. The van der Waals surface area contributed by atoms with Crippen molar-refractivity contribution in [2.24, 2.45) is 0 Å². The Morgan fingerprint density at radius 1 is 1.16 bits per heavy atom. The standard InChI is InChI=1S/C15H18ClN3/c16-10-12-6-2-1-5-9-19(12)15-11-17-13-7-3-4-8-14(13)18-15/h3-4,7-8,11-12H,1-2,5-6,9-10H2. The summed E-state index contributed by atoms with van der Waals surface area (Å²) in [5, 5.41) is 0. The van der Waals surface area contributed by atoms with Crippen LogP contribution >= 0.6 is 11.6 Å². The van der Waals surface area contributed by atoms with Crippen molar-refractivity contribution in [3.05, 3.63) is 30.5 Å². The summed E-state index contributed by atoms with van der Waals surface area (Å²) >= 11 is 6.13. The van der Waals surface area contributed by atoms with Gasteiger partial charge in [-0.15, -0.1) is 11.6 Å². The lowest BCUT2D eigenvalue weighted by Crippen LogP contribution is -2.36. The Kier molecular flexibility index (Phi) is 3.83. The first-order valence-electron chi connectivity index (χ1n) is 6.93. The minimum Gasteiger partial charge on any atom is -0.351 e. The quantitative estimate of drug-likeness (QED) is 0.784. The lowest BCUT2D eigenvalue weighted by Gasteiger charge is -2.29. The van der Waals surface area contributed by atoms with Crippen LogP contribution in [0.4, 0.5) is 5.82 Å². The van der Waals surface area contributed by atoms with Crippen molar-refractivity contribution < 1.29 is 0 Å². The number of halogens is 1. The van der Waals surface area contributed by atoms with E-state index >= 15 is 0 Å². The van der Waals surface area contributed by atoms with Gasteiger partial charge in [0.1, 0.15) is 5.82 Å². The Bertz CT molecular complexity index is 558. The van der Waals surface area contributed by atoms with Crippen LogP contribution in [-0.2, 0) is 0 Å². The second kappa shape index (κ2) is 5.74. The number of alkyl halides is 1. The molecule has 1 fully saturated rings. The number of benzene rings is 1. The third-order valence-corrected chi connectivity index (χ3v) is 4.14. The molecule has 1 aliphatic heterocycles. The molecule has 1 saturated heterocycles. The molecule has 0 N–H and O–H groups in total. The summed E-state index contributed by atoms with van der Waals surface area (Å²) in [4.78, 5) is 11.6. The van der Waals surface area contributed by atoms with Gasteiger partial charge in [-0.3, -0.25) is 4.98 Å². The first-order chi connectivity index (χ1) is 9.38. The first kappa shape index (κ1) is 12.7. The molecule has 1 aromatic carbocycles. The van der Waals surface area contributed by atoms with Gasteiger partial charge >= 0.3 is 0 Å². The van der Waals surface area contributed by atoms with Crippen LogP contribution in [0.5, 0.6) is 0 Å². The molecule has 1 unspecified atom stereocenters. The van der Waals surface area contributed by atoms with E-state index in [1.165, 1.54) is 19.3 Å². The molecule has 1 atom stereocenters. The van der Waals surface area contributed by atoms with E-state index in [0.717, 1.165) is 29.8 Å². The van der Waals surface area contributed by atoms with Gasteiger partial charge in [0.15, 0.2) is 0 Å². The van der Waals surface area contributed by atoms with Crippen LogP contribution in [0.3, 0.4) is 0 Å². The predicted octanol–water partition coefficient (Wildman–Crippen LogP) is 3.62. The molecule has 1 aliphatic rings. The highest BCUT2D eigenvalue weighted by molar-refractivity contribution is 6.18. The number of anilines is 1. The van der Waals surface area contributed by atoms with Gasteiger partial charge in [-0.25, -0.2) is 4.98 Å². The fourth-order valence-corrected chi connectivity index (χ4v) is 3.05. The van der Waals surface area contributed by atoms with Crippen LogP contribution in [0.1, 0.15) is 25.7 Å². The average Bonchev–Trinajstić information content (AvgIpc) is 2.72. The van der Waals surface area contributed by atoms with Gasteiger partial charge in [0, 0.05) is 18.5 Å². The van der Waals surface area contributed by atoms with E-state index in [0.29, 0.717) is 11.9 Å². The van der Waals surface area contributed by atoms with Crippen molar-refractivity contribution in [3.8, 4) is 0 Å². The van der Waals surface area contributed by atoms with Crippen LogP contribution in [0, 0.1) is 0 Å². The van der Waals surface area contributed by atoms with Crippen LogP contribution in [0.15, 0.2) is 30.5 Å². The topological polar surface area (TPSA) is 29.0 Å². The number of para-hydroxylation sites is 2. The Labute approximate surface area is 118 Å². The summed E-state index contributed by atoms with van der Waals surface area (Å²) in [7, 11) is 0. The monoisotopic (exact) mass is 275 g/mol. The van der Waals surface area contributed by atoms with Crippen LogP contribution < -0.4 is 4.90 Å². The maximum atomic E-state index is 6.13. The highest BCUT2D eigenvalue weighted by Crippen LogP contribution is 2.24. The molecule has 1 aromatic heterocycles. The maximum absolute atomic E-state index is 6.13. The third kappa shape index (κ3) is 2.66. The largest absolute Gasteiger partial charge is 0.351 e. The van der Waals surface area contributed by atoms with Crippen LogP contribution in [-0.4, -0.2) is 28.4 Å². The molecule has 100 valence electrons. The lowest BCUT2D eigenvalue weighted by molar-refractivity contribution is 0.616. The number of nitrogens with zero attached hydrogens (tertiary/aromatic N) is 3. The van der Waals surface area contributed by atoms with E-state index in [1.807, 2.05) is 30.5 Å². The molecule has 3 rings (SSSR count). The number of fused-ring (bicyclic) bond motifs is 1. The van der Waals surface area contributed by atoms with Gasteiger partial charge in [-0.2, -0.15) is 0 Å². The molecule has 0 bridgehead atoms. The van der Waals surface area contributed by atoms with Crippen molar-refractivity contribution in [2.75, 3.05) is 17.3 Å². The molecule has 0 radical (unpaired) electrons. The van der Waals surface area contributed by atoms with E-state index in [-0.39, 0.29) is 0 Å². The zero-order valence-corrected chi connectivity index (χ0v) is 11.7. The average molecular weight is 276 g/mol. The van der Waals surface area contributed by atoms with Crippen molar-refractivity contribution in [1.29, 1.82) is 0 Å². The molecule has 3 nitrogen and oxygen atoms in total. The normalized spacial score (nSPS) is 20.5. The predicted molar refractivity (Wildman–Crippen MR) is 79.9 cm³/mol. The Hall–Kier alpha value is -1.35. The summed E-state index contributed by atoms with van der Waals surface area (Å²) < 4.78 is 0. The molecule has 4 heteroatoms. The molecule has 2 aromatic rings. The van der Waals surface area contributed by atoms with Crippen molar-refractivity contribution in [3.63, 3.8) is 0 Å². The van der Waals surface area contributed by atoms with Gasteiger partial charge in [-0.05, 0) is 25.0 Å². The molecular formula is C15H18ClN3. The smallest absolute Gasteiger partial charge is 0.148 e. The van der Waals surface area contributed by atoms with Gasteiger partial charge < -0.3 is 4.90 Å². The highest BCUT2D eigenvalue weighted by atomic mass is 35.5. The fourth-order valence-electron chi connectivity index (χ4n) is 2.73. The van der Waals surface area contributed by atoms with Crippen LogP contribution in [0.2, 0.25) is 0 Å². The van der Waals surface area contributed by atoms with E-state index < -0.39 is 0 Å². The van der Waals surface area contributed by atoms with Crippen LogP contribution in [0.25, 0.3) is 11.0 Å². The fraction of sp³-hybridized carbons (Fsp3) is 0.467. The number of aromatic nitrogens is 2. The summed E-state index contributed by atoms with van der Waals surface area (Å²) in [6, 6.07) is 8.39. The second-order valence-electron chi connectivity index (χ2n) is 5.07. The summed E-state index contributed by atoms with van der Waals surface area (Å²) in [6.45, 7) is 1.03. The SMILES string of the molecule is ClCC1CCCCCN1c1cnc2ccccc2n1. The highest BCUT2D eigenvalue weighted by Gasteiger charge is 2.21. The Balaban J connectivity index is 1.96. The number of rotatable bonds is 2. The Morgan fingerprint density at radius 3 is 2.84 bits per heavy atom. The van der Waals surface area contributed by atoms with Crippen molar-refractivity contribution >= 4 is 28.5 Å². The van der Waals surface area contributed by atoms with Gasteiger partial charge in [0.05, 0.1) is 17.2 Å².